The predicted molar refractivity (Wildman–Crippen MR) is 85.5 cm³/mol. The fourth-order valence-corrected chi connectivity index (χ4v) is 2.61. The second-order valence-corrected chi connectivity index (χ2v) is 6.41. The van der Waals surface area contributed by atoms with Crippen LogP contribution in [0.5, 0.6) is 0 Å². The molecule has 2 amide bonds. The number of carbonyl (C=O) groups is 2. The first-order valence-corrected chi connectivity index (χ1v) is 8.11. The highest BCUT2D eigenvalue weighted by Crippen LogP contribution is 2.33. The van der Waals surface area contributed by atoms with Crippen LogP contribution in [0.4, 0.5) is 24.0 Å². The molecule has 0 radical (unpaired) electrons. The molecule has 24 heavy (non-hydrogen) atoms. The van der Waals surface area contributed by atoms with Gasteiger partial charge in [-0.1, -0.05) is 33.3 Å². The number of anilines is 2. The third-order valence-electron chi connectivity index (χ3n) is 2.60. The highest BCUT2D eigenvalue weighted by Gasteiger charge is 2.35. The maximum Gasteiger partial charge on any atom is 0.445 e. The maximum atomic E-state index is 12.4. The van der Waals surface area contributed by atoms with Crippen molar-refractivity contribution in [1.82, 2.24) is 10.2 Å². The van der Waals surface area contributed by atoms with Gasteiger partial charge in [-0.15, -0.1) is 10.2 Å². The summed E-state index contributed by atoms with van der Waals surface area (Å²) in [6.45, 7) is 0. The van der Waals surface area contributed by atoms with Crippen molar-refractivity contribution in [2.24, 2.45) is 0 Å². The molecule has 2 aromatic rings. The molecule has 0 saturated heterocycles. The number of nitrogens with one attached hydrogen (secondary N) is 2. The fourth-order valence-electron chi connectivity index (χ4n) is 1.59. The molecule has 0 unspecified atom stereocenters. The highest BCUT2D eigenvalue weighted by molar-refractivity contribution is 9.10. The SMILES string of the molecule is O=C(CCC(=O)Nc1nnc(C(F)(F)F)s1)Nc1cccc(Br)c1. The first-order valence-electron chi connectivity index (χ1n) is 6.50. The van der Waals surface area contributed by atoms with Crippen molar-refractivity contribution in [1.29, 1.82) is 0 Å². The second kappa shape index (κ2) is 7.71. The minimum atomic E-state index is -4.61. The fraction of sp³-hybridized carbons (Fsp3) is 0.231. The second-order valence-electron chi connectivity index (χ2n) is 4.52. The van der Waals surface area contributed by atoms with Crippen molar-refractivity contribution < 1.29 is 22.8 Å². The minimum absolute atomic E-state index is 0.122. The van der Waals surface area contributed by atoms with Crippen LogP contribution in [-0.4, -0.2) is 22.0 Å². The molecule has 0 aliphatic carbocycles. The summed E-state index contributed by atoms with van der Waals surface area (Å²) >= 11 is 3.48. The van der Waals surface area contributed by atoms with Gasteiger partial charge < -0.3 is 10.6 Å². The Kier molecular flexibility index (Phi) is 5.89. The number of nitrogens with zero attached hydrogens (tertiary/aromatic N) is 2. The van der Waals surface area contributed by atoms with Crippen molar-refractivity contribution in [3.05, 3.63) is 33.7 Å². The first kappa shape index (κ1) is 18.3. The summed E-state index contributed by atoms with van der Waals surface area (Å²) in [5.41, 5.74) is 0.564. The molecule has 1 aromatic heterocycles. The lowest BCUT2D eigenvalue weighted by atomic mass is 10.2. The summed E-state index contributed by atoms with van der Waals surface area (Å²) in [7, 11) is 0. The predicted octanol–water partition coefficient (Wildman–Crippen LogP) is 3.68. The van der Waals surface area contributed by atoms with Gasteiger partial charge in [-0.05, 0) is 18.2 Å². The van der Waals surface area contributed by atoms with Crippen molar-refractivity contribution in [2.45, 2.75) is 19.0 Å². The highest BCUT2D eigenvalue weighted by atomic mass is 79.9. The van der Waals surface area contributed by atoms with Crippen LogP contribution in [0.3, 0.4) is 0 Å². The average molecular weight is 423 g/mol. The molecule has 0 fully saturated rings. The van der Waals surface area contributed by atoms with E-state index in [1.165, 1.54) is 0 Å². The van der Waals surface area contributed by atoms with E-state index < -0.39 is 23.0 Å². The number of hydrogen-bond acceptors (Lipinski definition) is 5. The monoisotopic (exact) mass is 422 g/mol. The Morgan fingerprint density at radius 1 is 1.12 bits per heavy atom. The van der Waals surface area contributed by atoms with E-state index in [0.29, 0.717) is 5.69 Å². The summed E-state index contributed by atoms with van der Waals surface area (Å²) in [5, 5.41) is 9.55. The van der Waals surface area contributed by atoms with Crippen molar-refractivity contribution in [2.75, 3.05) is 10.6 Å². The van der Waals surface area contributed by atoms with Crippen LogP contribution in [-0.2, 0) is 15.8 Å². The maximum absolute atomic E-state index is 12.4. The van der Waals surface area contributed by atoms with Crippen LogP contribution in [0.2, 0.25) is 0 Å². The molecule has 0 spiro atoms. The number of carbonyl (C=O) groups excluding carboxylic acids is 2. The summed E-state index contributed by atoms with van der Waals surface area (Å²) in [5.74, 6) is -1.01. The Morgan fingerprint density at radius 2 is 1.79 bits per heavy atom. The third kappa shape index (κ3) is 5.57. The van der Waals surface area contributed by atoms with Crippen LogP contribution >= 0.6 is 27.3 Å². The van der Waals surface area contributed by atoms with Gasteiger partial charge in [0.1, 0.15) is 0 Å². The van der Waals surface area contributed by atoms with Crippen LogP contribution < -0.4 is 10.6 Å². The van der Waals surface area contributed by atoms with Gasteiger partial charge in [0.05, 0.1) is 0 Å². The van der Waals surface area contributed by atoms with Crippen LogP contribution in [0.15, 0.2) is 28.7 Å². The Hall–Kier alpha value is -2.01. The number of amides is 2. The Labute approximate surface area is 146 Å². The Morgan fingerprint density at radius 3 is 2.38 bits per heavy atom. The third-order valence-corrected chi connectivity index (χ3v) is 3.98. The molecule has 0 saturated carbocycles. The summed E-state index contributed by atoms with van der Waals surface area (Å²) in [6.07, 6.45) is -4.92. The average Bonchev–Trinajstić information content (AvgIpc) is 2.94. The lowest BCUT2D eigenvalue weighted by Crippen LogP contribution is -2.17. The molecular formula is C13H10BrF3N4O2S. The Balaban J connectivity index is 1.80. The summed E-state index contributed by atoms with van der Waals surface area (Å²) < 4.78 is 37.9. The van der Waals surface area contributed by atoms with Crippen LogP contribution in [0.25, 0.3) is 0 Å². The minimum Gasteiger partial charge on any atom is -0.326 e. The largest absolute Gasteiger partial charge is 0.445 e. The van der Waals surface area contributed by atoms with Gasteiger partial charge in [0, 0.05) is 23.0 Å². The smallest absolute Gasteiger partial charge is 0.326 e. The van der Waals surface area contributed by atoms with Gasteiger partial charge in [0.25, 0.3) is 0 Å². The molecule has 2 rings (SSSR count). The van der Waals surface area contributed by atoms with E-state index in [1.807, 2.05) is 0 Å². The molecule has 0 atom stereocenters. The van der Waals surface area contributed by atoms with Crippen LogP contribution in [0.1, 0.15) is 17.8 Å². The number of hydrogen-bond donors (Lipinski definition) is 2. The van der Waals surface area contributed by atoms with Gasteiger partial charge in [0.2, 0.25) is 22.0 Å². The van der Waals surface area contributed by atoms with Crippen molar-refractivity contribution in [3.8, 4) is 0 Å². The van der Waals surface area contributed by atoms with E-state index in [-0.39, 0.29) is 29.3 Å². The van der Waals surface area contributed by atoms with Gasteiger partial charge in [0.15, 0.2) is 0 Å². The van der Waals surface area contributed by atoms with E-state index >= 15 is 0 Å². The molecule has 1 heterocycles. The summed E-state index contributed by atoms with van der Waals surface area (Å²) in [4.78, 5) is 23.4. The van der Waals surface area contributed by atoms with E-state index in [0.717, 1.165) is 4.47 Å². The zero-order valence-electron chi connectivity index (χ0n) is 11.9. The van der Waals surface area contributed by atoms with Gasteiger partial charge in [-0.2, -0.15) is 13.2 Å². The normalized spacial score (nSPS) is 11.2. The topological polar surface area (TPSA) is 84.0 Å². The molecule has 11 heteroatoms. The molecule has 128 valence electrons. The van der Waals surface area contributed by atoms with Crippen molar-refractivity contribution in [3.63, 3.8) is 0 Å². The molecule has 0 bridgehead atoms. The number of alkyl halides is 3. The van der Waals surface area contributed by atoms with E-state index in [4.69, 9.17) is 0 Å². The van der Waals surface area contributed by atoms with Gasteiger partial charge >= 0.3 is 6.18 Å². The van der Waals surface area contributed by atoms with Crippen molar-refractivity contribution >= 4 is 49.9 Å². The Bertz CT molecular complexity index is 751. The van der Waals surface area contributed by atoms with Crippen LogP contribution in [0, 0.1) is 0 Å². The molecule has 1 aromatic carbocycles. The molecular weight excluding hydrogens is 413 g/mol. The zero-order valence-corrected chi connectivity index (χ0v) is 14.3. The molecule has 6 nitrogen and oxygen atoms in total. The number of halogens is 4. The standard InChI is InChI=1S/C13H10BrF3N4O2S/c14-7-2-1-3-8(6-7)18-9(22)4-5-10(23)19-12-21-20-11(24-12)13(15,16)17/h1-3,6H,4-5H2,(H,18,22)(H,19,21,23). The number of rotatable bonds is 5. The molecule has 0 aliphatic heterocycles. The quantitative estimate of drug-likeness (QED) is 0.769. The lowest BCUT2D eigenvalue weighted by molar-refractivity contribution is -0.138. The van der Waals surface area contributed by atoms with E-state index in [9.17, 15) is 22.8 Å². The first-order chi connectivity index (χ1) is 11.2. The number of aromatic nitrogens is 2. The van der Waals surface area contributed by atoms with E-state index in [2.05, 4.69) is 36.8 Å². The van der Waals surface area contributed by atoms with Gasteiger partial charge in [-0.3, -0.25) is 9.59 Å². The number of benzene rings is 1. The van der Waals surface area contributed by atoms with E-state index in [1.54, 1.807) is 24.3 Å². The lowest BCUT2D eigenvalue weighted by Gasteiger charge is -2.05. The summed E-state index contributed by atoms with van der Waals surface area (Å²) in [6, 6.07) is 6.90. The molecule has 0 aliphatic rings. The van der Waals surface area contributed by atoms with Gasteiger partial charge in [-0.25, -0.2) is 0 Å². The zero-order chi connectivity index (χ0) is 17.7. The molecule has 2 N–H and O–H groups in total.